The molecule has 0 saturated carbocycles. The Kier molecular flexibility index (Phi) is 4.38. The molecule has 3 rings (SSSR count). The molecule has 1 N–H and O–H groups in total. The second-order valence-corrected chi connectivity index (χ2v) is 5.63. The van der Waals surface area contributed by atoms with E-state index in [1.165, 1.54) is 0 Å². The fourth-order valence-electron chi connectivity index (χ4n) is 2.94. The van der Waals surface area contributed by atoms with E-state index in [0.29, 0.717) is 18.5 Å². The lowest BCUT2D eigenvalue weighted by molar-refractivity contribution is 0.177. The van der Waals surface area contributed by atoms with Crippen LogP contribution in [0.2, 0.25) is 0 Å². The van der Waals surface area contributed by atoms with Crippen LogP contribution in [0.15, 0.2) is 18.2 Å². The monoisotopic (exact) mass is 318 g/mol. The van der Waals surface area contributed by atoms with Crippen LogP contribution in [0.3, 0.4) is 0 Å². The molecule has 124 valence electrons. The molecule has 1 aliphatic rings. The van der Waals surface area contributed by atoms with Crippen LogP contribution in [-0.2, 0) is 11.3 Å². The Balaban J connectivity index is 2.03. The molecule has 7 heteroatoms. The molecular formula is C16H22N4O3. The molecule has 2 atom stereocenters. The number of nitrogens with zero attached hydrogens (tertiary/aromatic N) is 3. The highest BCUT2D eigenvalue weighted by molar-refractivity contribution is 5.45. The molecular weight excluding hydrogens is 296 g/mol. The predicted octanol–water partition coefficient (Wildman–Crippen LogP) is 2.24. The van der Waals surface area contributed by atoms with Crippen molar-refractivity contribution in [3.8, 4) is 11.5 Å². The molecule has 1 aromatic heterocycles. The molecule has 1 aromatic carbocycles. The summed E-state index contributed by atoms with van der Waals surface area (Å²) < 4.78 is 17.9. The number of benzene rings is 1. The highest BCUT2D eigenvalue weighted by Gasteiger charge is 2.30. The number of hydrogen-bond acceptors (Lipinski definition) is 6. The van der Waals surface area contributed by atoms with Gasteiger partial charge in [0, 0.05) is 24.8 Å². The molecule has 0 spiro atoms. The smallest absolute Gasteiger partial charge is 0.222 e. The third-order valence-electron chi connectivity index (χ3n) is 4.00. The number of hydrogen-bond donors (Lipinski definition) is 1. The van der Waals surface area contributed by atoms with Gasteiger partial charge in [-0.05, 0) is 25.5 Å². The third kappa shape index (κ3) is 2.96. The van der Waals surface area contributed by atoms with Gasteiger partial charge in [0.1, 0.15) is 18.1 Å². The molecule has 0 radical (unpaired) electrons. The van der Waals surface area contributed by atoms with Gasteiger partial charge in [-0.25, -0.2) is 4.68 Å². The summed E-state index contributed by atoms with van der Waals surface area (Å²) >= 11 is 0. The SMILES string of the molecule is COCc1nc2n(n1)[C@H](c1ccc(OC)cc1OC)C[C@H](C)N2. The van der Waals surface area contributed by atoms with Crippen molar-refractivity contribution in [3.05, 3.63) is 29.6 Å². The van der Waals surface area contributed by atoms with Crippen LogP contribution in [-0.4, -0.2) is 42.1 Å². The molecule has 1 aliphatic heterocycles. The minimum atomic E-state index is 0.0558. The molecule has 0 fully saturated rings. The standard InChI is InChI=1S/C16H22N4O3/c1-10-7-13(12-6-5-11(22-3)8-14(12)23-4)20-16(17-10)18-15(19-20)9-21-2/h5-6,8,10,13H,7,9H2,1-4H3,(H,17,18,19)/t10-,13-/m0/s1. The zero-order valence-corrected chi connectivity index (χ0v) is 13.9. The summed E-state index contributed by atoms with van der Waals surface area (Å²) in [4.78, 5) is 4.51. The normalized spacial score (nSPS) is 19.8. The van der Waals surface area contributed by atoms with Gasteiger partial charge in [0.25, 0.3) is 0 Å². The van der Waals surface area contributed by atoms with Crippen LogP contribution in [0, 0.1) is 0 Å². The summed E-state index contributed by atoms with van der Waals surface area (Å²) in [7, 11) is 4.95. The van der Waals surface area contributed by atoms with Crippen LogP contribution in [0.25, 0.3) is 0 Å². The minimum Gasteiger partial charge on any atom is -0.497 e. The van der Waals surface area contributed by atoms with Gasteiger partial charge < -0.3 is 19.5 Å². The molecule has 0 saturated heterocycles. The second kappa shape index (κ2) is 6.45. The average Bonchev–Trinajstić information content (AvgIpc) is 2.96. The highest BCUT2D eigenvalue weighted by Crippen LogP contribution is 2.37. The number of nitrogens with one attached hydrogen (secondary N) is 1. The van der Waals surface area contributed by atoms with Gasteiger partial charge in [0.2, 0.25) is 5.95 Å². The molecule has 0 aliphatic carbocycles. The first-order chi connectivity index (χ1) is 11.2. The van der Waals surface area contributed by atoms with Gasteiger partial charge in [0.05, 0.1) is 20.3 Å². The van der Waals surface area contributed by atoms with Crippen molar-refractivity contribution in [3.63, 3.8) is 0 Å². The molecule has 0 amide bonds. The van der Waals surface area contributed by atoms with E-state index in [2.05, 4.69) is 22.3 Å². The summed E-state index contributed by atoms with van der Waals surface area (Å²) in [5.74, 6) is 2.99. The Hall–Kier alpha value is -2.28. The Morgan fingerprint density at radius 2 is 2.09 bits per heavy atom. The van der Waals surface area contributed by atoms with Gasteiger partial charge in [0.15, 0.2) is 5.82 Å². The summed E-state index contributed by atoms with van der Waals surface area (Å²) in [6.07, 6.45) is 0.894. The molecule has 0 bridgehead atoms. The molecule has 2 heterocycles. The summed E-state index contributed by atoms with van der Waals surface area (Å²) in [5.41, 5.74) is 1.07. The number of aromatic nitrogens is 3. The zero-order valence-electron chi connectivity index (χ0n) is 13.9. The van der Waals surface area contributed by atoms with Gasteiger partial charge in [-0.3, -0.25) is 0 Å². The number of methoxy groups -OCH3 is 3. The molecule has 2 aromatic rings. The Bertz CT molecular complexity index is 686. The van der Waals surface area contributed by atoms with Crippen molar-refractivity contribution in [1.82, 2.24) is 14.8 Å². The summed E-state index contributed by atoms with van der Waals surface area (Å²) in [6.45, 7) is 2.53. The van der Waals surface area contributed by atoms with E-state index in [0.717, 1.165) is 29.4 Å². The molecule has 0 unspecified atom stereocenters. The maximum Gasteiger partial charge on any atom is 0.222 e. The predicted molar refractivity (Wildman–Crippen MR) is 86.1 cm³/mol. The first-order valence-electron chi connectivity index (χ1n) is 7.59. The Labute approximate surface area is 135 Å². The zero-order chi connectivity index (χ0) is 16.4. The van der Waals surface area contributed by atoms with E-state index in [4.69, 9.17) is 14.2 Å². The average molecular weight is 318 g/mol. The quantitative estimate of drug-likeness (QED) is 0.911. The van der Waals surface area contributed by atoms with Crippen LogP contribution >= 0.6 is 0 Å². The van der Waals surface area contributed by atoms with Gasteiger partial charge in [-0.1, -0.05) is 0 Å². The third-order valence-corrected chi connectivity index (χ3v) is 4.00. The molecule has 7 nitrogen and oxygen atoms in total. The van der Waals surface area contributed by atoms with Crippen LogP contribution in [0.1, 0.15) is 30.8 Å². The van der Waals surface area contributed by atoms with E-state index >= 15 is 0 Å². The van der Waals surface area contributed by atoms with Crippen molar-refractivity contribution in [1.29, 1.82) is 0 Å². The lowest BCUT2D eigenvalue weighted by atomic mass is 9.97. The number of fused-ring (bicyclic) bond motifs is 1. The maximum atomic E-state index is 5.56. The van der Waals surface area contributed by atoms with E-state index < -0.39 is 0 Å². The van der Waals surface area contributed by atoms with Crippen LogP contribution in [0.4, 0.5) is 5.95 Å². The van der Waals surface area contributed by atoms with Crippen LogP contribution < -0.4 is 14.8 Å². The molecule has 23 heavy (non-hydrogen) atoms. The van der Waals surface area contributed by atoms with E-state index in [9.17, 15) is 0 Å². The highest BCUT2D eigenvalue weighted by atomic mass is 16.5. The summed E-state index contributed by atoms with van der Waals surface area (Å²) in [6, 6.07) is 6.22. The van der Waals surface area contributed by atoms with Crippen molar-refractivity contribution in [2.45, 2.75) is 32.0 Å². The summed E-state index contributed by atoms with van der Waals surface area (Å²) in [5, 5.41) is 7.95. The first kappa shape index (κ1) is 15.6. The van der Waals surface area contributed by atoms with Crippen LogP contribution in [0.5, 0.6) is 11.5 Å². The lowest BCUT2D eigenvalue weighted by Gasteiger charge is -2.30. The van der Waals surface area contributed by atoms with Gasteiger partial charge >= 0.3 is 0 Å². The topological polar surface area (TPSA) is 70.4 Å². The largest absolute Gasteiger partial charge is 0.497 e. The lowest BCUT2D eigenvalue weighted by Crippen LogP contribution is -2.31. The number of rotatable bonds is 5. The van der Waals surface area contributed by atoms with E-state index in [1.54, 1.807) is 21.3 Å². The fourth-order valence-corrected chi connectivity index (χ4v) is 2.94. The second-order valence-electron chi connectivity index (χ2n) is 5.63. The van der Waals surface area contributed by atoms with E-state index in [-0.39, 0.29) is 6.04 Å². The van der Waals surface area contributed by atoms with Gasteiger partial charge in [-0.2, -0.15) is 10.1 Å². The fraction of sp³-hybridized carbons (Fsp3) is 0.500. The van der Waals surface area contributed by atoms with E-state index in [1.807, 2.05) is 22.9 Å². The van der Waals surface area contributed by atoms with Crippen molar-refractivity contribution in [2.75, 3.05) is 26.6 Å². The number of ether oxygens (including phenoxy) is 3. The van der Waals surface area contributed by atoms with Crippen molar-refractivity contribution < 1.29 is 14.2 Å². The Morgan fingerprint density at radius 1 is 1.26 bits per heavy atom. The number of anilines is 1. The Morgan fingerprint density at radius 3 is 2.78 bits per heavy atom. The van der Waals surface area contributed by atoms with Gasteiger partial charge in [-0.15, -0.1) is 0 Å². The van der Waals surface area contributed by atoms with Crippen molar-refractivity contribution >= 4 is 5.95 Å². The first-order valence-corrected chi connectivity index (χ1v) is 7.59. The van der Waals surface area contributed by atoms with Crippen molar-refractivity contribution in [2.24, 2.45) is 0 Å². The maximum absolute atomic E-state index is 5.56. The minimum absolute atomic E-state index is 0.0558.